The van der Waals surface area contributed by atoms with Gasteiger partial charge in [-0.25, -0.2) is 0 Å². The topological polar surface area (TPSA) is 63.6 Å². The second-order valence-electron chi connectivity index (χ2n) is 3.26. The van der Waals surface area contributed by atoms with E-state index in [1.165, 1.54) is 0 Å². The highest BCUT2D eigenvalue weighted by Gasteiger charge is 2.10. The number of hydrogen-bond donors (Lipinski definition) is 1. The Morgan fingerprint density at radius 1 is 1.38 bits per heavy atom. The Morgan fingerprint density at radius 2 is 2.00 bits per heavy atom. The first-order chi connectivity index (χ1) is 7.65. The van der Waals surface area contributed by atoms with Crippen LogP contribution < -0.4 is 4.74 Å². The maximum atomic E-state index is 11.6. The molecule has 0 heterocycles. The molecule has 1 aromatic carbocycles. The number of ketones is 1. The first-order valence-electron chi connectivity index (χ1n) is 4.84. The maximum absolute atomic E-state index is 11.6. The standard InChI is InChI=1S/C11H12O3.CH4O/c1-8(2)11(13)9-4-3-5-10(6-9)14-7-12;1-2/h3-8H,1-2H3;2H,1H3. The molecule has 0 aliphatic heterocycles. The molecule has 0 saturated heterocycles. The van der Waals surface area contributed by atoms with Crippen molar-refractivity contribution in [2.75, 3.05) is 7.11 Å². The Hall–Kier alpha value is -1.68. The van der Waals surface area contributed by atoms with Crippen molar-refractivity contribution in [1.82, 2.24) is 0 Å². The van der Waals surface area contributed by atoms with E-state index in [1.54, 1.807) is 24.3 Å². The Bertz CT molecular complexity index is 345. The minimum Gasteiger partial charge on any atom is -0.429 e. The van der Waals surface area contributed by atoms with Gasteiger partial charge in [0, 0.05) is 18.6 Å². The summed E-state index contributed by atoms with van der Waals surface area (Å²) in [5.41, 5.74) is 0.569. The third-order valence-corrected chi connectivity index (χ3v) is 1.83. The number of aliphatic hydroxyl groups is 1. The summed E-state index contributed by atoms with van der Waals surface area (Å²) in [4.78, 5) is 21.6. The summed E-state index contributed by atoms with van der Waals surface area (Å²) in [5.74, 6) is 0.384. The average molecular weight is 224 g/mol. The zero-order valence-electron chi connectivity index (χ0n) is 9.64. The maximum Gasteiger partial charge on any atom is 0.298 e. The van der Waals surface area contributed by atoms with Crippen LogP contribution in [0.4, 0.5) is 0 Å². The van der Waals surface area contributed by atoms with Gasteiger partial charge < -0.3 is 9.84 Å². The minimum absolute atomic E-state index is 0.0429. The van der Waals surface area contributed by atoms with Crippen LogP contribution in [0.3, 0.4) is 0 Å². The highest BCUT2D eigenvalue weighted by Crippen LogP contribution is 2.15. The molecule has 0 amide bonds. The summed E-state index contributed by atoms with van der Waals surface area (Å²) in [6.07, 6.45) is 0. The number of rotatable bonds is 4. The Morgan fingerprint density at radius 3 is 2.50 bits per heavy atom. The van der Waals surface area contributed by atoms with E-state index in [0.717, 1.165) is 7.11 Å². The largest absolute Gasteiger partial charge is 0.429 e. The fraction of sp³-hybridized carbons (Fsp3) is 0.333. The van der Waals surface area contributed by atoms with Gasteiger partial charge in [0.05, 0.1) is 0 Å². The van der Waals surface area contributed by atoms with Gasteiger partial charge >= 0.3 is 0 Å². The lowest BCUT2D eigenvalue weighted by atomic mass is 10.0. The molecular formula is C12H16O4. The molecule has 4 nitrogen and oxygen atoms in total. The van der Waals surface area contributed by atoms with E-state index in [-0.39, 0.29) is 11.7 Å². The number of hydrogen-bond acceptors (Lipinski definition) is 4. The number of carbonyl (C=O) groups is 2. The van der Waals surface area contributed by atoms with E-state index in [9.17, 15) is 9.59 Å². The molecule has 0 aromatic heterocycles. The van der Waals surface area contributed by atoms with Crippen molar-refractivity contribution >= 4 is 12.3 Å². The zero-order valence-corrected chi connectivity index (χ0v) is 9.64. The van der Waals surface area contributed by atoms with Gasteiger partial charge in [0.2, 0.25) is 0 Å². The molecular weight excluding hydrogens is 208 g/mol. The second-order valence-corrected chi connectivity index (χ2v) is 3.26. The van der Waals surface area contributed by atoms with Crippen molar-refractivity contribution in [1.29, 1.82) is 0 Å². The van der Waals surface area contributed by atoms with Crippen molar-refractivity contribution in [3.05, 3.63) is 29.8 Å². The number of aliphatic hydroxyl groups excluding tert-OH is 1. The van der Waals surface area contributed by atoms with Gasteiger partial charge in [-0.05, 0) is 12.1 Å². The lowest BCUT2D eigenvalue weighted by Gasteiger charge is -2.04. The highest BCUT2D eigenvalue weighted by atomic mass is 16.5. The summed E-state index contributed by atoms with van der Waals surface area (Å²) in [6, 6.07) is 6.59. The number of carbonyl (C=O) groups excluding carboxylic acids is 2. The summed E-state index contributed by atoms with van der Waals surface area (Å²) in [7, 11) is 1.00. The Kier molecular flexibility index (Phi) is 6.79. The monoisotopic (exact) mass is 224 g/mol. The molecule has 0 radical (unpaired) electrons. The van der Waals surface area contributed by atoms with Crippen LogP contribution in [0.25, 0.3) is 0 Å². The third kappa shape index (κ3) is 4.23. The lowest BCUT2D eigenvalue weighted by Crippen LogP contribution is -2.07. The van der Waals surface area contributed by atoms with E-state index >= 15 is 0 Å². The molecule has 1 aromatic rings. The SMILES string of the molecule is CC(C)C(=O)c1cccc(OC=O)c1.CO. The van der Waals surface area contributed by atoms with Crippen LogP contribution in [0, 0.1) is 5.92 Å². The number of benzene rings is 1. The average Bonchev–Trinajstić information content (AvgIpc) is 2.31. The quantitative estimate of drug-likeness (QED) is 0.624. The lowest BCUT2D eigenvalue weighted by molar-refractivity contribution is -0.120. The molecule has 1 rings (SSSR count). The molecule has 0 spiro atoms. The minimum atomic E-state index is -0.0542. The number of ether oxygens (including phenoxy) is 1. The first kappa shape index (κ1) is 14.3. The molecule has 1 N–H and O–H groups in total. The first-order valence-corrected chi connectivity index (χ1v) is 4.84. The van der Waals surface area contributed by atoms with Crippen molar-refractivity contribution in [2.45, 2.75) is 13.8 Å². The van der Waals surface area contributed by atoms with Gasteiger partial charge in [-0.3, -0.25) is 9.59 Å². The van der Waals surface area contributed by atoms with E-state index in [2.05, 4.69) is 4.74 Å². The summed E-state index contributed by atoms with van der Waals surface area (Å²) >= 11 is 0. The molecule has 0 atom stereocenters. The predicted octanol–water partition coefficient (Wildman–Crippen LogP) is 1.67. The Labute approximate surface area is 94.9 Å². The third-order valence-electron chi connectivity index (χ3n) is 1.83. The zero-order chi connectivity index (χ0) is 12.6. The van der Waals surface area contributed by atoms with Gasteiger partial charge in [-0.1, -0.05) is 26.0 Å². The molecule has 4 heteroatoms. The van der Waals surface area contributed by atoms with Crippen molar-refractivity contribution in [3.63, 3.8) is 0 Å². The fourth-order valence-electron chi connectivity index (χ4n) is 1.11. The van der Waals surface area contributed by atoms with Crippen LogP contribution >= 0.6 is 0 Å². The molecule has 0 aliphatic rings. The van der Waals surface area contributed by atoms with Crippen LogP contribution in [-0.4, -0.2) is 24.5 Å². The van der Waals surface area contributed by atoms with Crippen LogP contribution in [0.2, 0.25) is 0 Å². The Balaban J connectivity index is 0.00000106. The molecule has 0 unspecified atom stereocenters. The molecule has 0 fully saturated rings. The summed E-state index contributed by atoms with van der Waals surface area (Å²) < 4.78 is 4.64. The van der Waals surface area contributed by atoms with Crippen molar-refractivity contribution in [2.24, 2.45) is 5.92 Å². The van der Waals surface area contributed by atoms with Gasteiger partial charge in [0.1, 0.15) is 5.75 Å². The second kappa shape index (κ2) is 7.59. The van der Waals surface area contributed by atoms with Crippen molar-refractivity contribution in [3.8, 4) is 5.75 Å². The van der Waals surface area contributed by atoms with Gasteiger partial charge in [0.15, 0.2) is 5.78 Å². The highest BCUT2D eigenvalue weighted by molar-refractivity contribution is 5.97. The van der Waals surface area contributed by atoms with Crippen LogP contribution in [-0.2, 0) is 4.79 Å². The van der Waals surface area contributed by atoms with Gasteiger partial charge in [0.25, 0.3) is 6.47 Å². The van der Waals surface area contributed by atoms with E-state index in [0.29, 0.717) is 17.8 Å². The number of Topliss-reactive ketones (excluding diaryl/α,β-unsaturated/α-hetero) is 1. The fourth-order valence-corrected chi connectivity index (χ4v) is 1.11. The van der Waals surface area contributed by atoms with Crippen LogP contribution in [0.5, 0.6) is 5.75 Å². The normalized spacial score (nSPS) is 9.06. The predicted molar refractivity (Wildman–Crippen MR) is 60.4 cm³/mol. The molecule has 0 bridgehead atoms. The molecule has 0 saturated carbocycles. The van der Waals surface area contributed by atoms with Crippen molar-refractivity contribution < 1.29 is 19.4 Å². The molecule has 16 heavy (non-hydrogen) atoms. The van der Waals surface area contributed by atoms with Crippen LogP contribution in [0.1, 0.15) is 24.2 Å². The molecule has 0 aliphatic carbocycles. The van der Waals surface area contributed by atoms with E-state index < -0.39 is 0 Å². The van der Waals surface area contributed by atoms with Gasteiger partial charge in [-0.15, -0.1) is 0 Å². The summed E-state index contributed by atoms with van der Waals surface area (Å²) in [5, 5.41) is 7.00. The molecule has 88 valence electrons. The van der Waals surface area contributed by atoms with E-state index in [1.807, 2.05) is 13.8 Å². The van der Waals surface area contributed by atoms with Gasteiger partial charge in [-0.2, -0.15) is 0 Å². The smallest absolute Gasteiger partial charge is 0.298 e. The van der Waals surface area contributed by atoms with E-state index in [4.69, 9.17) is 5.11 Å². The summed E-state index contributed by atoms with van der Waals surface area (Å²) in [6.45, 7) is 4.00. The van der Waals surface area contributed by atoms with Crippen LogP contribution in [0.15, 0.2) is 24.3 Å².